The standard InChI is InChI=1S/C16H21N3O/c1-19-12-18-11-15(19)10-17-9-14-7-8-20-16(14)13-5-3-2-4-6-13/h2-6,11-12,14,16-17H,7-10H2,1H3/t14-,16-/m1/s1. The molecule has 1 fully saturated rings. The molecular formula is C16H21N3O. The van der Waals surface area contributed by atoms with Gasteiger partial charge in [-0.25, -0.2) is 4.98 Å². The van der Waals surface area contributed by atoms with Crippen LogP contribution in [0.1, 0.15) is 23.8 Å². The minimum atomic E-state index is 0.232. The van der Waals surface area contributed by atoms with Gasteiger partial charge in [0.25, 0.3) is 0 Å². The molecular weight excluding hydrogens is 250 g/mol. The van der Waals surface area contributed by atoms with E-state index in [1.54, 1.807) is 0 Å². The zero-order valence-electron chi connectivity index (χ0n) is 11.8. The topological polar surface area (TPSA) is 39.1 Å². The molecule has 1 saturated heterocycles. The molecule has 1 aliphatic heterocycles. The summed E-state index contributed by atoms with van der Waals surface area (Å²) < 4.78 is 7.95. The predicted molar refractivity (Wildman–Crippen MR) is 78.2 cm³/mol. The average Bonchev–Trinajstić information content (AvgIpc) is 3.10. The Hall–Kier alpha value is -1.65. The third-order valence-corrected chi connectivity index (χ3v) is 3.97. The molecule has 1 aliphatic rings. The van der Waals surface area contributed by atoms with Crippen molar-refractivity contribution < 1.29 is 4.74 Å². The maximum Gasteiger partial charge on any atom is 0.0945 e. The third kappa shape index (κ3) is 2.92. The summed E-state index contributed by atoms with van der Waals surface area (Å²) in [6, 6.07) is 10.5. The van der Waals surface area contributed by atoms with E-state index in [4.69, 9.17) is 4.74 Å². The van der Waals surface area contributed by atoms with Crippen molar-refractivity contribution in [1.82, 2.24) is 14.9 Å². The number of rotatable bonds is 5. The quantitative estimate of drug-likeness (QED) is 0.907. The van der Waals surface area contributed by atoms with E-state index in [2.05, 4.69) is 34.6 Å². The number of ether oxygens (including phenoxy) is 1. The molecule has 0 saturated carbocycles. The summed E-state index contributed by atoms with van der Waals surface area (Å²) in [4.78, 5) is 4.13. The Kier molecular flexibility index (Phi) is 4.14. The Morgan fingerprint density at radius 3 is 2.95 bits per heavy atom. The van der Waals surface area contributed by atoms with E-state index in [1.165, 1.54) is 11.3 Å². The van der Waals surface area contributed by atoms with Crippen LogP contribution in [0.2, 0.25) is 0 Å². The van der Waals surface area contributed by atoms with Crippen molar-refractivity contribution in [1.29, 1.82) is 0 Å². The van der Waals surface area contributed by atoms with E-state index in [0.717, 1.165) is 26.1 Å². The second kappa shape index (κ2) is 6.20. The van der Waals surface area contributed by atoms with Gasteiger partial charge in [-0.2, -0.15) is 0 Å². The average molecular weight is 271 g/mol. The number of nitrogens with one attached hydrogen (secondary N) is 1. The van der Waals surface area contributed by atoms with Crippen molar-refractivity contribution in [2.24, 2.45) is 13.0 Å². The lowest BCUT2D eigenvalue weighted by atomic mass is 9.95. The van der Waals surface area contributed by atoms with E-state index in [1.807, 2.05) is 30.2 Å². The lowest BCUT2D eigenvalue weighted by molar-refractivity contribution is 0.0904. The second-order valence-corrected chi connectivity index (χ2v) is 5.38. The first-order valence-corrected chi connectivity index (χ1v) is 7.17. The largest absolute Gasteiger partial charge is 0.373 e. The van der Waals surface area contributed by atoms with Crippen LogP contribution in [0, 0.1) is 5.92 Å². The summed E-state index contributed by atoms with van der Waals surface area (Å²) >= 11 is 0. The lowest BCUT2D eigenvalue weighted by Crippen LogP contribution is -2.25. The Bertz CT molecular complexity index is 538. The fourth-order valence-electron chi connectivity index (χ4n) is 2.79. The van der Waals surface area contributed by atoms with E-state index in [0.29, 0.717) is 5.92 Å². The van der Waals surface area contributed by atoms with Crippen LogP contribution in [0.15, 0.2) is 42.9 Å². The molecule has 0 bridgehead atoms. The van der Waals surface area contributed by atoms with E-state index in [9.17, 15) is 0 Å². The van der Waals surface area contributed by atoms with Crippen LogP contribution in [0.4, 0.5) is 0 Å². The van der Waals surface area contributed by atoms with Crippen molar-refractivity contribution in [3.8, 4) is 0 Å². The Morgan fingerprint density at radius 2 is 2.20 bits per heavy atom. The molecule has 4 nitrogen and oxygen atoms in total. The van der Waals surface area contributed by atoms with Gasteiger partial charge < -0.3 is 14.6 Å². The number of imidazole rings is 1. The summed E-state index contributed by atoms with van der Waals surface area (Å²) in [6.45, 7) is 2.69. The lowest BCUT2D eigenvalue weighted by Gasteiger charge is -2.19. The smallest absolute Gasteiger partial charge is 0.0945 e. The van der Waals surface area contributed by atoms with Crippen LogP contribution in [-0.4, -0.2) is 22.7 Å². The van der Waals surface area contributed by atoms with Gasteiger partial charge in [0.1, 0.15) is 0 Å². The molecule has 1 aromatic carbocycles. The molecule has 4 heteroatoms. The highest BCUT2D eigenvalue weighted by atomic mass is 16.5. The van der Waals surface area contributed by atoms with Crippen LogP contribution in [0.5, 0.6) is 0 Å². The van der Waals surface area contributed by atoms with Crippen molar-refractivity contribution in [2.45, 2.75) is 19.1 Å². The summed E-state index contributed by atoms with van der Waals surface area (Å²) in [6.07, 6.45) is 5.10. The van der Waals surface area contributed by atoms with E-state index >= 15 is 0 Å². The monoisotopic (exact) mass is 271 g/mol. The Morgan fingerprint density at radius 1 is 1.35 bits per heavy atom. The first kappa shape index (κ1) is 13.3. The molecule has 0 unspecified atom stereocenters. The van der Waals surface area contributed by atoms with Crippen molar-refractivity contribution in [3.05, 3.63) is 54.1 Å². The van der Waals surface area contributed by atoms with Crippen LogP contribution >= 0.6 is 0 Å². The minimum Gasteiger partial charge on any atom is -0.373 e. The molecule has 2 aromatic rings. The number of hydrogen-bond donors (Lipinski definition) is 1. The first-order chi connectivity index (χ1) is 9.84. The van der Waals surface area contributed by atoms with Gasteiger partial charge in [-0.3, -0.25) is 0 Å². The first-order valence-electron chi connectivity index (χ1n) is 7.17. The van der Waals surface area contributed by atoms with Crippen molar-refractivity contribution in [3.63, 3.8) is 0 Å². The predicted octanol–water partition coefficient (Wildman–Crippen LogP) is 2.29. The van der Waals surface area contributed by atoms with Gasteiger partial charge in [0.05, 0.1) is 18.1 Å². The number of aryl methyl sites for hydroxylation is 1. The Labute approximate surface area is 119 Å². The highest BCUT2D eigenvalue weighted by molar-refractivity contribution is 5.19. The molecule has 1 N–H and O–H groups in total. The van der Waals surface area contributed by atoms with Gasteiger partial charge in [-0.15, -0.1) is 0 Å². The van der Waals surface area contributed by atoms with Crippen LogP contribution < -0.4 is 5.32 Å². The summed E-state index contributed by atoms with van der Waals surface area (Å²) in [7, 11) is 2.02. The van der Waals surface area contributed by atoms with Gasteiger partial charge >= 0.3 is 0 Å². The molecule has 0 aliphatic carbocycles. The normalized spacial score (nSPS) is 22.2. The third-order valence-electron chi connectivity index (χ3n) is 3.97. The molecule has 1 aromatic heterocycles. The van der Waals surface area contributed by atoms with Gasteiger partial charge in [-0.1, -0.05) is 30.3 Å². The molecule has 0 amide bonds. The molecule has 0 radical (unpaired) electrons. The number of benzene rings is 1. The van der Waals surface area contributed by atoms with E-state index in [-0.39, 0.29) is 6.10 Å². The minimum absolute atomic E-state index is 0.232. The molecule has 20 heavy (non-hydrogen) atoms. The molecule has 0 spiro atoms. The Balaban J connectivity index is 1.56. The number of aromatic nitrogens is 2. The molecule has 2 heterocycles. The summed E-state index contributed by atoms with van der Waals surface area (Å²) in [5, 5.41) is 3.53. The maximum atomic E-state index is 5.91. The highest BCUT2D eigenvalue weighted by Crippen LogP contribution is 2.33. The van der Waals surface area contributed by atoms with Crippen molar-refractivity contribution >= 4 is 0 Å². The zero-order chi connectivity index (χ0) is 13.8. The fourth-order valence-corrected chi connectivity index (χ4v) is 2.79. The van der Waals surface area contributed by atoms with Gasteiger partial charge in [0.15, 0.2) is 0 Å². The zero-order valence-corrected chi connectivity index (χ0v) is 11.8. The SMILES string of the molecule is Cn1cncc1CNC[C@H]1CCO[C@@H]1c1ccccc1. The summed E-state index contributed by atoms with van der Waals surface area (Å²) in [5.41, 5.74) is 2.50. The van der Waals surface area contributed by atoms with Crippen molar-refractivity contribution in [2.75, 3.05) is 13.2 Å². The molecule has 3 rings (SSSR count). The van der Waals surface area contributed by atoms with Crippen LogP contribution in [0.3, 0.4) is 0 Å². The maximum absolute atomic E-state index is 5.91. The molecule has 106 valence electrons. The highest BCUT2D eigenvalue weighted by Gasteiger charge is 2.28. The van der Waals surface area contributed by atoms with Gasteiger partial charge in [0, 0.05) is 38.9 Å². The van der Waals surface area contributed by atoms with Crippen LogP contribution in [0.25, 0.3) is 0 Å². The molecule has 2 atom stereocenters. The second-order valence-electron chi connectivity index (χ2n) is 5.38. The fraction of sp³-hybridized carbons (Fsp3) is 0.438. The van der Waals surface area contributed by atoms with Gasteiger partial charge in [0.2, 0.25) is 0 Å². The number of hydrogen-bond acceptors (Lipinski definition) is 3. The number of nitrogens with zero attached hydrogens (tertiary/aromatic N) is 2. The van der Waals surface area contributed by atoms with E-state index < -0.39 is 0 Å². The summed E-state index contributed by atoms with van der Waals surface area (Å²) in [5.74, 6) is 0.547. The van der Waals surface area contributed by atoms with Gasteiger partial charge in [-0.05, 0) is 12.0 Å². The van der Waals surface area contributed by atoms with Crippen LogP contribution in [-0.2, 0) is 18.3 Å².